The summed E-state index contributed by atoms with van der Waals surface area (Å²) in [5.74, 6) is -4.83. The molecule has 3 atom stereocenters. The number of carboxylic acid groups (broad SMARTS) is 2. The topological polar surface area (TPSA) is 179 Å². The fourth-order valence-corrected chi connectivity index (χ4v) is 3.54. The van der Waals surface area contributed by atoms with Gasteiger partial charge in [-0.25, -0.2) is 0 Å². The zero-order valence-electron chi connectivity index (χ0n) is 16.7. The van der Waals surface area contributed by atoms with Gasteiger partial charge in [0, 0.05) is 23.4 Å². The highest BCUT2D eigenvalue weighted by Crippen LogP contribution is 2.40. The Morgan fingerprint density at radius 3 is 2.48 bits per heavy atom. The van der Waals surface area contributed by atoms with Crippen LogP contribution in [0.5, 0.6) is 0 Å². The zero-order valence-corrected chi connectivity index (χ0v) is 17.6. The average molecular weight is 452 g/mol. The summed E-state index contributed by atoms with van der Waals surface area (Å²) in [6, 6.07) is 4.10. The molecule has 2 rings (SSSR count). The molecule has 0 spiro atoms. The van der Waals surface area contributed by atoms with Gasteiger partial charge in [-0.2, -0.15) is 12.6 Å². The lowest BCUT2D eigenvalue weighted by Crippen LogP contribution is -2.59. The summed E-state index contributed by atoms with van der Waals surface area (Å²) in [6.45, 7) is 0.638. The third kappa shape index (κ3) is 5.14. The number of aliphatic carboxylic acids is 2. The van der Waals surface area contributed by atoms with Crippen molar-refractivity contribution in [3.8, 4) is 0 Å². The normalized spacial score (nSPS) is 19.0. The molecule has 12 heteroatoms. The highest BCUT2D eigenvalue weighted by Gasteiger charge is 2.51. The van der Waals surface area contributed by atoms with E-state index in [-0.39, 0.29) is 18.6 Å². The number of nitrogens with zero attached hydrogens (tertiary/aromatic N) is 1. The van der Waals surface area contributed by atoms with Gasteiger partial charge in [-0.1, -0.05) is 18.2 Å². The van der Waals surface area contributed by atoms with E-state index < -0.39 is 53.8 Å². The van der Waals surface area contributed by atoms with E-state index in [9.17, 15) is 29.1 Å². The van der Waals surface area contributed by atoms with E-state index in [2.05, 4.69) is 23.3 Å². The quantitative estimate of drug-likeness (QED) is 0.254. The molecule has 0 bridgehead atoms. The number of thiol groups is 1. The van der Waals surface area contributed by atoms with Crippen LogP contribution in [0.4, 0.5) is 5.69 Å². The van der Waals surface area contributed by atoms with Crippen molar-refractivity contribution in [3.05, 3.63) is 29.8 Å². The molecule has 2 unspecified atom stereocenters. The summed E-state index contributed by atoms with van der Waals surface area (Å²) < 4.78 is 0. The maximum atomic E-state index is 13.2. The lowest BCUT2D eigenvalue weighted by atomic mass is 9.90. The van der Waals surface area contributed by atoms with Crippen molar-refractivity contribution >= 4 is 48.0 Å². The molecule has 0 saturated heterocycles. The molecule has 31 heavy (non-hydrogen) atoms. The summed E-state index contributed by atoms with van der Waals surface area (Å²) in [5.41, 5.74) is 4.62. The Labute approximate surface area is 183 Å². The number of anilines is 1. The molecule has 0 radical (unpaired) electrons. The van der Waals surface area contributed by atoms with Gasteiger partial charge in [-0.3, -0.25) is 24.0 Å². The first-order valence-electron chi connectivity index (χ1n) is 9.35. The molecule has 168 valence electrons. The Hall–Kier alpha value is -3.12. The van der Waals surface area contributed by atoms with E-state index in [0.717, 1.165) is 4.90 Å². The Morgan fingerprint density at radius 2 is 1.90 bits per heavy atom. The minimum Gasteiger partial charge on any atom is -0.480 e. The molecule has 0 aliphatic carbocycles. The first-order valence-corrected chi connectivity index (χ1v) is 9.98. The number of carbonyl (C=O) groups excluding carboxylic acids is 3. The minimum atomic E-state index is -1.62. The van der Waals surface area contributed by atoms with Crippen molar-refractivity contribution in [1.29, 1.82) is 0 Å². The number of carbonyl (C=O) groups is 5. The molecule has 1 aromatic carbocycles. The predicted molar refractivity (Wildman–Crippen MR) is 112 cm³/mol. The van der Waals surface area contributed by atoms with Crippen LogP contribution >= 0.6 is 12.6 Å². The smallest absolute Gasteiger partial charge is 0.323 e. The van der Waals surface area contributed by atoms with Crippen molar-refractivity contribution in [2.24, 2.45) is 5.73 Å². The van der Waals surface area contributed by atoms with Crippen molar-refractivity contribution < 1.29 is 34.2 Å². The summed E-state index contributed by atoms with van der Waals surface area (Å²) >= 11 is 4.08. The van der Waals surface area contributed by atoms with Crippen molar-refractivity contribution in [2.75, 3.05) is 17.6 Å². The van der Waals surface area contributed by atoms with E-state index in [1.54, 1.807) is 24.3 Å². The van der Waals surface area contributed by atoms with Crippen LogP contribution < -0.4 is 16.4 Å². The fraction of sp³-hybridized carbons (Fsp3) is 0.421. The Balaban J connectivity index is 2.28. The first-order chi connectivity index (χ1) is 14.5. The largest absolute Gasteiger partial charge is 0.480 e. The van der Waals surface area contributed by atoms with Crippen LogP contribution in [0.25, 0.3) is 0 Å². The molecule has 1 aromatic rings. The number of fused-ring (bicyclic) bond motifs is 1. The van der Waals surface area contributed by atoms with Gasteiger partial charge in [0.15, 0.2) is 0 Å². The number of hydrogen-bond acceptors (Lipinski definition) is 7. The molecule has 1 aliphatic heterocycles. The molecular formula is C19H24N4O7S. The number of nitrogens with one attached hydrogen (secondary N) is 2. The van der Waals surface area contributed by atoms with Crippen molar-refractivity contribution in [2.45, 2.75) is 37.4 Å². The maximum absolute atomic E-state index is 13.2. The Bertz CT molecular complexity index is 909. The highest BCUT2D eigenvalue weighted by atomic mass is 32.1. The number of nitrogens with two attached hydrogens (primary N) is 1. The number of para-hydroxylation sites is 1. The lowest BCUT2D eigenvalue weighted by molar-refractivity contribution is -0.153. The molecule has 0 saturated carbocycles. The Morgan fingerprint density at radius 1 is 1.26 bits per heavy atom. The molecule has 3 amide bonds. The standard InChI is InChI=1S/C19H24N4O7S/c1-19(10-4-2-3-5-12(10)22-18(19)30)23(8-15(25)26)16(27)13(9-31)21-14(24)7-6-11(20)17(28)29/h2-5,11,13,31H,6-9,20H2,1H3,(H,21,24)(H,22,30)(H,25,26)(H,28,29)/t11?,13?,19-/m0/s1. The van der Waals surface area contributed by atoms with Crippen LogP contribution in [-0.2, 0) is 29.5 Å². The number of carboxylic acids is 2. The Kier molecular flexibility index (Phi) is 7.63. The highest BCUT2D eigenvalue weighted by molar-refractivity contribution is 7.80. The van der Waals surface area contributed by atoms with Crippen LogP contribution in [0.2, 0.25) is 0 Å². The van der Waals surface area contributed by atoms with E-state index in [1.165, 1.54) is 6.92 Å². The second-order valence-corrected chi connectivity index (χ2v) is 7.54. The third-order valence-electron chi connectivity index (χ3n) is 5.06. The number of benzene rings is 1. The SMILES string of the molecule is C[C@@]1(N(CC(=O)O)C(=O)C(CS)NC(=O)CCC(N)C(=O)O)C(=O)Nc2ccccc21. The second kappa shape index (κ2) is 9.79. The molecule has 6 N–H and O–H groups in total. The van der Waals surface area contributed by atoms with Crippen molar-refractivity contribution in [1.82, 2.24) is 10.2 Å². The van der Waals surface area contributed by atoms with Gasteiger partial charge in [0.05, 0.1) is 0 Å². The van der Waals surface area contributed by atoms with Gasteiger partial charge in [0.1, 0.15) is 24.2 Å². The van der Waals surface area contributed by atoms with Gasteiger partial charge >= 0.3 is 11.9 Å². The monoisotopic (exact) mass is 452 g/mol. The lowest BCUT2D eigenvalue weighted by Gasteiger charge is -2.37. The van der Waals surface area contributed by atoms with Crippen LogP contribution in [0.15, 0.2) is 24.3 Å². The predicted octanol–water partition coefficient (Wildman–Crippen LogP) is -0.626. The summed E-state index contributed by atoms with van der Waals surface area (Å²) in [6.07, 6.45) is -0.411. The molecular weight excluding hydrogens is 428 g/mol. The van der Waals surface area contributed by atoms with Crippen LogP contribution in [0, 0.1) is 0 Å². The fourth-order valence-electron chi connectivity index (χ4n) is 3.29. The van der Waals surface area contributed by atoms with Gasteiger partial charge in [-0.15, -0.1) is 0 Å². The van der Waals surface area contributed by atoms with E-state index in [4.69, 9.17) is 10.8 Å². The summed E-state index contributed by atoms with van der Waals surface area (Å²) in [4.78, 5) is 61.4. The van der Waals surface area contributed by atoms with Gasteiger partial charge in [0.2, 0.25) is 11.8 Å². The minimum absolute atomic E-state index is 0.152. The van der Waals surface area contributed by atoms with E-state index >= 15 is 0 Å². The number of rotatable bonds is 10. The molecule has 1 aliphatic rings. The molecule has 11 nitrogen and oxygen atoms in total. The second-order valence-electron chi connectivity index (χ2n) is 7.18. The summed E-state index contributed by atoms with van der Waals surface area (Å²) in [5, 5.41) is 23.2. The van der Waals surface area contributed by atoms with Gasteiger partial charge in [0.25, 0.3) is 5.91 Å². The average Bonchev–Trinajstić information content (AvgIpc) is 2.98. The third-order valence-corrected chi connectivity index (χ3v) is 5.42. The number of amides is 3. The van der Waals surface area contributed by atoms with Crippen LogP contribution in [0.1, 0.15) is 25.3 Å². The van der Waals surface area contributed by atoms with Crippen LogP contribution in [-0.4, -0.2) is 69.2 Å². The first kappa shape index (κ1) is 24.2. The zero-order chi connectivity index (χ0) is 23.3. The number of hydrogen-bond donors (Lipinski definition) is 6. The molecule has 1 heterocycles. The maximum Gasteiger partial charge on any atom is 0.323 e. The van der Waals surface area contributed by atoms with Gasteiger partial charge in [-0.05, 0) is 19.4 Å². The van der Waals surface area contributed by atoms with Gasteiger partial charge < -0.3 is 31.5 Å². The van der Waals surface area contributed by atoms with E-state index in [0.29, 0.717) is 11.3 Å². The van der Waals surface area contributed by atoms with Crippen LogP contribution in [0.3, 0.4) is 0 Å². The van der Waals surface area contributed by atoms with Crippen molar-refractivity contribution in [3.63, 3.8) is 0 Å². The van der Waals surface area contributed by atoms with E-state index in [1.807, 2.05) is 0 Å². The molecule has 0 aromatic heterocycles. The summed E-state index contributed by atoms with van der Waals surface area (Å²) in [7, 11) is 0. The molecule has 0 fully saturated rings.